The lowest BCUT2D eigenvalue weighted by Gasteiger charge is -2.24. The Morgan fingerprint density at radius 1 is 0.680 bits per heavy atom. The zero-order valence-corrected chi connectivity index (χ0v) is 16.2. The van der Waals surface area contributed by atoms with Crippen LogP contribution in [0.4, 0.5) is 0 Å². The van der Waals surface area contributed by atoms with Crippen LogP contribution in [0.25, 0.3) is 0 Å². The third kappa shape index (κ3) is 4.18. The Hall–Kier alpha value is -1.95. The van der Waals surface area contributed by atoms with E-state index in [4.69, 9.17) is 0 Å². The first-order valence-electron chi connectivity index (χ1n) is 8.87. The molecule has 0 fully saturated rings. The zero-order valence-electron chi connectivity index (χ0n) is 15.3. The number of benzene rings is 3. The number of hydrogen-bond acceptors (Lipinski definition) is 1. The summed E-state index contributed by atoms with van der Waals surface area (Å²) in [7, 11) is 3.80. The highest BCUT2D eigenvalue weighted by molar-refractivity contribution is 7.79. The Bertz CT molecular complexity index is 727. The lowest BCUT2D eigenvalue weighted by Crippen LogP contribution is -2.22. The minimum atomic E-state index is -0.511. The quantitative estimate of drug-likeness (QED) is 0.595. The van der Waals surface area contributed by atoms with Crippen molar-refractivity contribution in [2.24, 2.45) is 0 Å². The van der Waals surface area contributed by atoms with E-state index in [1.54, 1.807) is 0 Å². The van der Waals surface area contributed by atoms with Crippen LogP contribution in [0.1, 0.15) is 24.9 Å². The highest BCUT2D eigenvalue weighted by Gasteiger charge is 2.17. The Kier molecular flexibility index (Phi) is 6.02. The number of hydrogen-bond donors (Lipinski definition) is 0. The molecule has 0 aliphatic rings. The molecular weight excluding hydrogens is 321 g/mol. The number of rotatable bonds is 6. The van der Waals surface area contributed by atoms with Crippen LogP contribution in [-0.4, -0.2) is 19.0 Å². The van der Waals surface area contributed by atoms with E-state index in [2.05, 4.69) is 111 Å². The molecule has 1 nitrogen and oxygen atoms in total. The van der Waals surface area contributed by atoms with Gasteiger partial charge in [0.05, 0.1) is 0 Å². The summed E-state index contributed by atoms with van der Waals surface area (Å²) in [5.74, 6) is 0. The summed E-state index contributed by atoms with van der Waals surface area (Å²) in [6, 6.07) is 31.5. The molecule has 3 rings (SSSR count). The molecule has 0 aromatic heterocycles. The Labute approximate surface area is 153 Å². The van der Waals surface area contributed by atoms with Crippen LogP contribution < -0.4 is 15.9 Å². The lowest BCUT2D eigenvalue weighted by molar-refractivity contribution is 0.292. The fraction of sp³-hybridized carbons (Fsp3) is 0.217. The maximum atomic E-state index is 2.33. The van der Waals surface area contributed by atoms with Crippen molar-refractivity contribution in [3.8, 4) is 0 Å². The van der Waals surface area contributed by atoms with Crippen LogP contribution >= 0.6 is 7.92 Å². The molecule has 0 aliphatic carbocycles. The van der Waals surface area contributed by atoms with Crippen LogP contribution in [0.5, 0.6) is 0 Å². The van der Waals surface area contributed by atoms with Crippen LogP contribution in [0.2, 0.25) is 0 Å². The van der Waals surface area contributed by atoms with Crippen molar-refractivity contribution >= 4 is 23.8 Å². The van der Waals surface area contributed by atoms with Crippen molar-refractivity contribution in [2.75, 3.05) is 14.1 Å². The van der Waals surface area contributed by atoms with E-state index in [1.807, 2.05) is 0 Å². The lowest BCUT2D eigenvalue weighted by atomic mass is 10.0. The molecule has 0 saturated heterocycles. The largest absolute Gasteiger partial charge is 0.302 e. The van der Waals surface area contributed by atoms with Crippen LogP contribution in [0.15, 0.2) is 84.9 Å². The van der Waals surface area contributed by atoms with Gasteiger partial charge in [0.15, 0.2) is 0 Å². The molecule has 128 valence electrons. The minimum absolute atomic E-state index is 0.480. The van der Waals surface area contributed by atoms with E-state index < -0.39 is 7.92 Å². The third-order valence-electron chi connectivity index (χ3n) is 4.57. The Balaban J connectivity index is 2.00. The van der Waals surface area contributed by atoms with E-state index in [1.165, 1.54) is 21.5 Å². The standard InChI is InChI=1S/C23H26NP/c1-4-23(24(2)3)19-15-17-22(18-16-19)25(20-11-7-5-8-12-20)21-13-9-6-10-14-21/h5-18,23H,4H2,1-3H3. The van der Waals surface area contributed by atoms with Gasteiger partial charge in [-0.2, -0.15) is 0 Å². The normalized spacial score (nSPS) is 12.5. The first kappa shape index (κ1) is 17.9. The third-order valence-corrected chi connectivity index (χ3v) is 7.02. The van der Waals surface area contributed by atoms with Crippen molar-refractivity contribution in [2.45, 2.75) is 19.4 Å². The minimum Gasteiger partial charge on any atom is -0.302 e. The summed E-state index contributed by atoms with van der Waals surface area (Å²) in [4.78, 5) is 2.30. The van der Waals surface area contributed by atoms with Crippen LogP contribution in [-0.2, 0) is 0 Å². The van der Waals surface area contributed by atoms with Crippen molar-refractivity contribution < 1.29 is 0 Å². The molecule has 0 N–H and O–H groups in total. The molecule has 0 amide bonds. The summed E-state index contributed by atoms with van der Waals surface area (Å²) < 4.78 is 0. The molecule has 3 aromatic rings. The molecule has 0 radical (unpaired) electrons. The first-order chi connectivity index (χ1) is 12.2. The predicted octanol–water partition coefficient (Wildman–Crippen LogP) is 4.46. The van der Waals surface area contributed by atoms with Gasteiger partial charge in [-0.15, -0.1) is 0 Å². The van der Waals surface area contributed by atoms with Crippen molar-refractivity contribution in [1.82, 2.24) is 4.90 Å². The molecule has 25 heavy (non-hydrogen) atoms. The summed E-state index contributed by atoms with van der Waals surface area (Å²) in [5, 5.41) is 4.21. The fourth-order valence-electron chi connectivity index (χ4n) is 3.35. The monoisotopic (exact) mass is 347 g/mol. The second kappa shape index (κ2) is 8.43. The second-order valence-corrected chi connectivity index (χ2v) is 8.71. The van der Waals surface area contributed by atoms with Gasteiger partial charge in [0, 0.05) is 6.04 Å². The van der Waals surface area contributed by atoms with E-state index in [0.717, 1.165) is 6.42 Å². The molecule has 0 bridgehead atoms. The fourth-order valence-corrected chi connectivity index (χ4v) is 5.63. The second-order valence-electron chi connectivity index (χ2n) is 6.49. The molecule has 0 saturated carbocycles. The highest BCUT2D eigenvalue weighted by Crippen LogP contribution is 2.33. The van der Waals surface area contributed by atoms with Gasteiger partial charge in [0.2, 0.25) is 0 Å². The topological polar surface area (TPSA) is 3.24 Å². The SMILES string of the molecule is CCC(c1ccc(P(c2ccccc2)c2ccccc2)cc1)N(C)C. The van der Waals surface area contributed by atoms with Crippen LogP contribution in [0.3, 0.4) is 0 Å². The molecule has 0 spiro atoms. The van der Waals surface area contributed by atoms with E-state index in [9.17, 15) is 0 Å². The van der Waals surface area contributed by atoms with Gasteiger partial charge >= 0.3 is 0 Å². The average molecular weight is 347 g/mol. The van der Waals surface area contributed by atoms with E-state index >= 15 is 0 Å². The number of nitrogens with zero attached hydrogens (tertiary/aromatic N) is 1. The summed E-state index contributed by atoms with van der Waals surface area (Å²) in [6.45, 7) is 2.25. The van der Waals surface area contributed by atoms with E-state index in [-0.39, 0.29) is 0 Å². The summed E-state index contributed by atoms with van der Waals surface area (Å²) in [6.07, 6.45) is 1.12. The van der Waals surface area contributed by atoms with Gasteiger partial charge in [-0.05, 0) is 49.9 Å². The van der Waals surface area contributed by atoms with Crippen molar-refractivity contribution in [3.05, 3.63) is 90.5 Å². The maximum absolute atomic E-state index is 2.33. The molecule has 3 aromatic carbocycles. The smallest absolute Gasteiger partial charge is 0.0339 e. The van der Waals surface area contributed by atoms with Crippen LogP contribution in [0, 0.1) is 0 Å². The molecule has 1 atom stereocenters. The van der Waals surface area contributed by atoms with Crippen molar-refractivity contribution in [1.29, 1.82) is 0 Å². The van der Waals surface area contributed by atoms with Gasteiger partial charge < -0.3 is 4.90 Å². The zero-order chi connectivity index (χ0) is 17.6. The Morgan fingerprint density at radius 3 is 1.52 bits per heavy atom. The highest BCUT2D eigenvalue weighted by atomic mass is 31.1. The molecular formula is C23H26NP. The average Bonchev–Trinajstić information content (AvgIpc) is 2.65. The first-order valence-corrected chi connectivity index (χ1v) is 10.2. The predicted molar refractivity (Wildman–Crippen MR) is 112 cm³/mol. The maximum Gasteiger partial charge on any atom is 0.0339 e. The summed E-state index contributed by atoms with van der Waals surface area (Å²) >= 11 is 0. The van der Waals surface area contributed by atoms with Gasteiger partial charge in [0.1, 0.15) is 0 Å². The van der Waals surface area contributed by atoms with E-state index in [0.29, 0.717) is 6.04 Å². The molecule has 0 aliphatic heterocycles. The van der Waals surface area contributed by atoms with Gasteiger partial charge in [-0.3, -0.25) is 0 Å². The summed E-state index contributed by atoms with van der Waals surface area (Å²) in [5.41, 5.74) is 1.40. The van der Waals surface area contributed by atoms with Gasteiger partial charge in [-0.1, -0.05) is 91.9 Å². The molecule has 2 heteroatoms. The Morgan fingerprint density at radius 2 is 1.12 bits per heavy atom. The van der Waals surface area contributed by atoms with Gasteiger partial charge in [-0.25, -0.2) is 0 Å². The van der Waals surface area contributed by atoms with Crippen molar-refractivity contribution in [3.63, 3.8) is 0 Å². The molecule has 0 heterocycles. The van der Waals surface area contributed by atoms with Gasteiger partial charge in [0.25, 0.3) is 0 Å². The molecule has 1 unspecified atom stereocenters.